The molecule has 0 aliphatic carbocycles. The van der Waals surface area contributed by atoms with Gasteiger partial charge in [0.25, 0.3) is 0 Å². The molecule has 0 aromatic heterocycles. The standard InChI is InChI=1S/C32H44O13/c1-15(20-7-10-43-14-18(20)5-4-9-33)6-8-32(42)23(13-34)45-31(28(38)29(32)39)44-22-12-19(30(40)41)11-21-25(22)27(37)24(17(3)35)16(2)26(21)36/h11-12,15,18,20,23,28-29,31,33-34,36-39,42H,4-10,13-14H2,1-3H3,(H,40,41)/t15-,18+,20-,23-,28-,29-,31-,32-/m1/s1. The molecule has 0 unspecified atom stereocenters. The number of fused-ring (bicyclic) bond motifs is 1. The SMILES string of the molecule is CC(=O)c1c(C)c(O)c2cc(C(=O)O)cc(O[C@@H]3O[C@H](CO)[C@](O)(CC[C@@H](C)[C@H]4CCOC[C@@H]4CCCO)[C@H](O)[C@H]3O)c2c1O. The van der Waals surface area contributed by atoms with Crippen molar-refractivity contribution in [2.24, 2.45) is 17.8 Å². The van der Waals surface area contributed by atoms with Gasteiger partial charge < -0.3 is 55.1 Å². The fraction of sp³-hybridized carbons (Fsp3) is 0.625. The Morgan fingerprint density at radius 3 is 2.49 bits per heavy atom. The number of aliphatic hydroxyl groups is 5. The van der Waals surface area contributed by atoms with Gasteiger partial charge in [-0.1, -0.05) is 6.92 Å². The van der Waals surface area contributed by atoms with Gasteiger partial charge in [-0.2, -0.15) is 0 Å². The minimum Gasteiger partial charge on any atom is -0.507 e. The van der Waals surface area contributed by atoms with Crippen molar-refractivity contribution in [2.75, 3.05) is 26.4 Å². The summed E-state index contributed by atoms with van der Waals surface area (Å²) >= 11 is 0. The van der Waals surface area contributed by atoms with Crippen LogP contribution in [-0.4, -0.2) is 109 Å². The summed E-state index contributed by atoms with van der Waals surface area (Å²) in [5.41, 5.74) is -2.65. The summed E-state index contributed by atoms with van der Waals surface area (Å²) in [4.78, 5) is 24.2. The number of carboxylic acid groups (broad SMARTS) is 1. The minimum absolute atomic E-state index is 0.0190. The number of phenols is 2. The topological polar surface area (TPSA) is 224 Å². The Morgan fingerprint density at radius 1 is 1.16 bits per heavy atom. The number of rotatable bonds is 12. The quantitative estimate of drug-likeness (QED) is 0.123. The molecule has 2 fully saturated rings. The summed E-state index contributed by atoms with van der Waals surface area (Å²) in [6.45, 7) is 5.06. The number of Topliss-reactive ketones (excluding diaryl/α,β-unsaturated/α-hetero) is 1. The van der Waals surface area contributed by atoms with Crippen LogP contribution in [0.1, 0.15) is 72.2 Å². The molecule has 2 aliphatic heterocycles. The molecule has 45 heavy (non-hydrogen) atoms. The number of aromatic carboxylic acids is 1. The van der Waals surface area contributed by atoms with Crippen molar-refractivity contribution in [1.29, 1.82) is 0 Å². The van der Waals surface area contributed by atoms with Crippen molar-refractivity contribution in [3.63, 3.8) is 0 Å². The molecule has 0 bridgehead atoms. The van der Waals surface area contributed by atoms with Gasteiger partial charge in [-0.3, -0.25) is 4.79 Å². The monoisotopic (exact) mass is 636 g/mol. The van der Waals surface area contributed by atoms with Crippen molar-refractivity contribution in [2.45, 2.75) is 83.1 Å². The van der Waals surface area contributed by atoms with E-state index in [1.54, 1.807) is 0 Å². The number of carbonyl (C=O) groups excluding carboxylic acids is 1. The van der Waals surface area contributed by atoms with Crippen LogP contribution in [0.2, 0.25) is 0 Å². The molecule has 2 saturated heterocycles. The Kier molecular flexibility index (Phi) is 11.0. The molecular formula is C32H44O13. The third-order valence-corrected chi connectivity index (χ3v) is 9.54. The summed E-state index contributed by atoms with van der Waals surface area (Å²) in [5.74, 6) is -2.91. The Morgan fingerprint density at radius 2 is 1.87 bits per heavy atom. The summed E-state index contributed by atoms with van der Waals surface area (Å²) in [6, 6.07) is 2.09. The lowest BCUT2D eigenvalue weighted by atomic mass is 9.72. The highest BCUT2D eigenvalue weighted by atomic mass is 16.7. The van der Waals surface area contributed by atoms with Crippen molar-refractivity contribution >= 4 is 22.5 Å². The van der Waals surface area contributed by atoms with Crippen LogP contribution in [-0.2, 0) is 9.47 Å². The smallest absolute Gasteiger partial charge is 0.335 e. The fourth-order valence-corrected chi connectivity index (χ4v) is 6.93. The number of carbonyl (C=O) groups is 2. The zero-order valence-corrected chi connectivity index (χ0v) is 25.7. The molecule has 13 heteroatoms. The lowest BCUT2D eigenvalue weighted by Gasteiger charge is -2.48. The van der Waals surface area contributed by atoms with E-state index in [1.807, 2.05) is 6.92 Å². The third kappa shape index (κ3) is 6.75. The maximum atomic E-state index is 12.3. The molecule has 8 N–H and O–H groups in total. The van der Waals surface area contributed by atoms with Crippen LogP contribution in [0.15, 0.2) is 12.1 Å². The first-order chi connectivity index (χ1) is 21.3. The van der Waals surface area contributed by atoms with Crippen LogP contribution in [0, 0.1) is 24.7 Å². The van der Waals surface area contributed by atoms with Crippen LogP contribution in [0.4, 0.5) is 0 Å². The fourth-order valence-electron chi connectivity index (χ4n) is 6.93. The predicted octanol–water partition coefficient (Wildman–Crippen LogP) is 1.85. The van der Waals surface area contributed by atoms with E-state index in [4.69, 9.17) is 14.2 Å². The van der Waals surface area contributed by atoms with Gasteiger partial charge in [-0.15, -0.1) is 0 Å². The van der Waals surface area contributed by atoms with E-state index in [0.717, 1.165) is 25.0 Å². The Labute approximate surface area is 260 Å². The number of hydrogen-bond acceptors (Lipinski definition) is 12. The van der Waals surface area contributed by atoms with Crippen LogP contribution >= 0.6 is 0 Å². The van der Waals surface area contributed by atoms with E-state index in [9.17, 15) is 50.4 Å². The largest absolute Gasteiger partial charge is 0.507 e. The number of aromatic hydroxyl groups is 2. The Bertz CT molecular complexity index is 1390. The summed E-state index contributed by atoms with van der Waals surface area (Å²) < 4.78 is 17.2. The second-order valence-electron chi connectivity index (χ2n) is 12.3. The third-order valence-electron chi connectivity index (χ3n) is 9.54. The molecule has 250 valence electrons. The number of ketones is 1. The van der Waals surface area contributed by atoms with E-state index in [2.05, 4.69) is 0 Å². The van der Waals surface area contributed by atoms with Crippen molar-refractivity contribution < 1.29 is 64.7 Å². The first kappa shape index (κ1) is 34.8. The van der Waals surface area contributed by atoms with Crippen molar-refractivity contribution in [3.05, 3.63) is 28.8 Å². The molecule has 13 nitrogen and oxygen atoms in total. The molecule has 0 saturated carbocycles. The highest BCUT2D eigenvalue weighted by molar-refractivity contribution is 6.11. The molecule has 0 amide bonds. The first-order valence-corrected chi connectivity index (χ1v) is 15.2. The van der Waals surface area contributed by atoms with Gasteiger partial charge >= 0.3 is 5.97 Å². The molecular weight excluding hydrogens is 592 g/mol. The molecule has 2 aromatic rings. The zero-order valence-electron chi connectivity index (χ0n) is 25.7. The molecule has 8 atom stereocenters. The molecule has 4 rings (SSSR count). The van der Waals surface area contributed by atoms with Crippen molar-refractivity contribution in [3.8, 4) is 17.2 Å². The average molecular weight is 637 g/mol. The van der Waals surface area contributed by atoms with Gasteiger partial charge in [0.15, 0.2) is 5.78 Å². The van der Waals surface area contributed by atoms with E-state index >= 15 is 0 Å². The average Bonchev–Trinajstić information content (AvgIpc) is 3.01. The van der Waals surface area contributed by atoms with Gasteiger partial charge in [-0.25, -0.2) is 4.79 Å². The highest BCUT2D eigenvalue weighted by Gasteiger charge is 2.55. The molecule has 0 spiro atoms. The maximum Gasteiger partial charge on any atom is 0.335 e. The van der Waals surface area contributed by atoms with Gasteiger partial charge in [-0.05, 0) is 75.8 Å². The molecule has 0 radical (unpaired) electrons. The first-order valence-electron chi connectivity index (χ1n) is 15.2. The van der Waals surface area contributed by atoms with Crippen LogP contribution in [0.5, 0.6) is 17.2 Å². The normalized spacial score (nSPS) is 29.4. The Balaban J connectivity index is 1.62. The van der Waals surface area contributed by atoms with Crippen LogP contribution in [0.3, 0.4) is 0 Å². The van der Waals surface area contributed by atoms with E-state index in [0.29, 0.717) is 26.1 Å². The molecule has 2 heterocycles. The number of benzene rings is 2. The van der Waals surface area contributed by atoms with Gasteiger partial charge in [0.1, 0.15) is 41.2 Å². The number of aliphatic hydroxyl groups excluding tert-OH is 4. The second-order valence-corrected chi connectivity index (χ2v) is 12.3. The van der Waals surface area contributed by atoms with Gasteiger partial charge in [0.2, 0.25) is 6.29 Å². The van der Waals surface area contributed by atoms with Crippen LogP contribution < -0.4 is 4.74 Å². The number of hydrogen-bond donors (Lipinski definition) is 8. The molecule has 2 aliphatic rings. The Hall–Kier alpha value is -3.04. The van der Waals surface area contributed by atoms with E-state index < -0.39 is 60.1 Å². The number of phenolic OH excluding ortho intramolecular Hbond substituents is 2. The van der Waals surface area contributed by atoms with E-state index in [-0.39, 0.29) is 64.0 Å². The van der Waals surface area contributed by atoms with Crippen molar-refractivity contribution in [1.82, 2.24) is 0 Å². The minimum atomic E-state index is -2.08. The summed E-state index contributed by atoms with van der Waals surface area (Å²) in [5, 5.41) is 84.6. The summed E-state index contributed by atoms with van der Waals surface area (Å²) in [7, 11) is 0. The van der Waals surface area contributed by atoms with Crippen LogP contribution in [0.25, 0.3) is 10.8 Å². The predicted molar refractivity (Wildman–Crippen MR) is 159 cm³/mol. The number of ether oxygens (including phenoxy) is 3. The van der Waals surface area contributed by atoms with Gasteiger partial charge in [0.05, 0.1) is 23.1 Å². The highest BCUT2D eigenvalue weighted by Crippen LogP contribution is 2.46. The van der Waals surface area contributed by atoms with Gasteiger partial charge in [0, 0.05) is 30.8 Å². The summed E-state index contributed by atoms with van der Waals surface area (Å²) in [6.07, 6.45) is -4.35. The second kappa shape index (κ2) is 14.2. The van der Waals surface area contributed by atoms with E-state index in [1.165, 1.54) is 13.8 Å². The zero-order chi connectivity index (χ0) is 33.2. The molecule has 2 aromatic carbocycles. The number of carboxylic acids is 1. The maximum absolute atomic E-state index is 12.3. The lowest BCUT2D eigenvalue weighted by molar-refractivity contribution is -0.315. The lowest BCUT2D eigenvalue weighted by Crippen LogP contribution is -2.67.